The summed E-state index contributed by atoms with van der Waals surface area (Å²) in [5, 5.41) is 0. The van der Waals surface area contributed by atoms with Gasteiger partial charge in [-0.2, -0.15) is 0 Å². The molecule has 0 radical (unpaired) electrons. The molecule has 0 amide bonds. The van der Waals surface area contributed by atoms with Crippen LogP contribution in [0.4, 0.5) is 0 Å². The summed E-state index contributed by atoms with van der Waals surface area (Å²) >= 11 is 0. The summed E-state index contributed by atoms with van der Waals surface area (Å²) in [6.07, 6.45) is 0. The summed E-state index contributed by atoms with van der Waals surface area (Å²) in [6.45, 7) is 0. The van der Waals surface area contributed by atoms with Gasteiger partial charge in [-0.25, -0.2) is 4.98 Å². The molecule has 0 N–H and O–H groups in total. The van der Waals surface area contributed by atoms with Crippen LogP contribution < -0.4 is 0 Å². The van der Waals surface area contributed by atoms with Gasteiger partial charge in [0.25, 0.3) is 0 Å². The summed E-state index contributed by atoms with van der Waals surface area (Å²) < 4.78 is 6.10. The van der Waals surface area contributed by atoms with Gasteiger partial charge in [-0.1, -0.05) is 78.9 Å². The van der Waals surface area contributed by atoms with Crippen molar-refractivity contribution in [3.05, 3.63) is 103 Å². The minimum Gasteiger partial charge on any atom is -0.436 e. The highest BCUT2D eigenvalue weighted by Crippen LogP contribution is 2.39. The molecule has 0 unspecified atom stereocenters. The quantitative estimate of drug-likeness (QED) is 0.357. The summed E-state index contributed by atoms with van der Waals surface area (Å²) in [4.78, 5) is 4.88. The van der Waals surface area contributed by atoms with Gasteiger partial charge in [-0.3, -0.25) is 0 Å². The maximum absolute atomic E-state index is 6.10. The second-order valence-electron chi connectivity index (χ2n) is 6.45. The number of rotatable bonds is 3. The van der Waals surface area contributed by atoms with Gasteiger partial charge in [0.15, 0.2) is 5.58 Å². The first-order valence-electron chi connectivity index (χ1n) is 9.00. The zero-order valence-corrected chi connectivity index (χ0v) is 14.7. The third-order valence-electron chi connectivity index (χ3n) is 4.73. The highest BCUT2D eigenvalue weighted by atomic mass is 16.3. The van der Waals surface area contributed by atoms with E-state index in [0.717, 1.165) is 33.4 Å². The van der Waals surface area contributed by atoms with Crippen molar-refractivity contribution in [1.29, 1.82) is 0 Å². The maximum Gasteiger partial charge on any atom is 0.227 e. The van der Waals surface area contributed by atoms with Crippen LogP contribution >= 0.6 is 0 Å². The molecule has 0 bridgehead atoms. The first-order valence-corrected chi connectivity index (χ1v) is 9.00. The van der Waals surface area contributed by atoms with E-state index in [9.17, 15) is 0 Å². The molecule has 1 heterocycles. The average Bonchev–Trinajstić information content (AvgIpc) is 3.19. The second-order valence-corrected chi connectivity index (χ2v) is 6.45. The fraction of sp³-hybridized carbons (Fsp3) is 0. The van der Waals surface area contributed by atoms with Gasteiger partial charge in [0, 0.05) is 11.1 Å². The number of oxazole rings is 1. The Bertz CT molecular complexity index is 1190. The van der Waals surface area contributed by atoms with Crippen LogP contribution in [0.25, 0.3) is 44.8 Å². The lowest BCUT2D eigenvalue weighted by Crippen LogP contribution is -1.87. The minimum atomic E-state index is 0.646. The predicted octanol–water partition coefficient (Wildman–Crippen LogP) is 6.83. The lowest BCUT2D eigenvalue weighted by molar-refractivity contribution is 0.620. The Morgan fingerprint density at radius 3 is 1.70 bits per heavy atom. The van der Waals surface area contributed by atoms with Crippen LogP contribution in [0.2, 0.25) is 0 Å². The summed E-state index contributed by atoms with van der Waals surface area (Å²) in [6, 6.07) is 35.0. The van der Waals surface area contributed by atoms with Crippen molar-refractivity contribution in [3.8, 4) is 33.7 Å². The van der Waals surface area contributed by atoms with E-state index < -0.39 is 0 Å². The van der Waals surface area contributed by atoms with E-state index in [0.29, 0.717) is 5.89 Å². The largest absolute Gasteiger partial charge is 0.436 e. The van der Waals surface area contributed by atoms with Crippen LogP contribution in [0.5, 0.6) is 0 Å². The third-order valence-corrected chi connectivity index (χ3v) is 4.73. The molecular weight excluding hydrogens is 330 g/mol. The van der Waals surface area contributed by atoms with Crippen LogP contribution in [0.1, 0.15) is 0 Å². The molecule has 0 atom stereocenters. The van der Waals surface area contributed by atoms with Crippen LogP contribution in [0.15, 0.2) is 108 Å². The fourth-order valence-electron chi connectivity index (χ4n) is 3.45. The number of fused-ring (bicyclic) bond motifs is 1. The lowest BCUT2D eigenvalue weighted by Gasteiger charge is -2.10. The summed E-state index contributed by atoms with van der Waals surface area (Å²) in [5.41, 5.74) is 7.23. The van der Waals surface area contributed by atoms with Crippen molar-refractivity contribution in [3.63, 3.8) is 0 Å². The van der Waals surface area contributed by atoms with Crippen LogP contribution in [0, 0.1) is 0 Å². The van der Waals surface area contributed by atoms with Crippen molar-refractivity contribution in [2.75, 3.05) is 0 Å². The number of aromatic nitrogens is 1. The zero-order chi connectivity index (χ0) is 18.1. The van der Waals surface area contributed by atoms with Gasteiger partial charge >= 0.3 is 0 Å². The van der Waals surface area contributed by atoms with Gasteiger partial charge in [0.2, 0.25) is 5.89 Å². The standard InChI is InChI=1S/C25H17NO/c1-4-10-18(11-5-1)21-16-17-22-24(23(21)19-12-6-2-7-13-19)26-25(27-22)20-14-8-3-9-15-20/h1-17H. The molecule has 0 aliphatic rings. The summed E-state index contributed by atoms with van der Waals surface area (Å²) in [7, 11) is 0. The summed E-state index contributed by atoms with van der Waals surface area (Å²) in [5.74, 6) is 0.646. The first-order chi connectivity index (χ1) is 13.4. The molecule has 5 aromatic rings. The molecule has 0 saturated carbocycles. The SMILES string of the molecule is c1ccc(-c2nc3c(-c4ccccc4)c(-c4ccccc4)ccc3o2)cc1. The Balaban J connectivity index is 1.81. The highest BCUT2D eigenvalue weighted by molar-refractivity contribution is 6.00. The normalized spacial score (nSPS) is 11.0. The molecule has 27 heavy (non-hydrogen) atoms. The molecule has 2 heteroatoms. The van der Waals surface area contributed by atoms with Gasteiger partial charge < -0.3 is 4.42 Å². The van der Waals surface area contributed by atoms with E-state index in [2.05, 4.69) is 54.6 Å². The van der Waals surface area contributed by atoms with E-state index in [1.807, 2.05) is 48.5 Å². The highest BCUT2D eigenvalue weighted by Gasteiger charge is 2.17. The van der Waals surface area contributed by atoms with Gasteiger partial charge in [0.05, 0.1) is 0 Å². The van der Waals surface area contributed by atoms with E-state index >= 15 is 0 Å². The first kappa shape index (κ1) is 15.6. The third kappa shape index (κ3) is 2.81. The number of hydrogen-bond donors (Lipinski definition) is 0. The van der Waals surface area contributed by atoms with E-state index in [1.165, 1.54) is 5.56 Å². The minimum absolute atomic E-state index is 0.646. The molecule has 0 aliphatic carbocycles. The van der Waals surface area contributed by atoms with Crippen LogP contribution in [-0.4, -0.2) is 4.98 Å². The number of hydrogen-bond acceptors (Lipinski definition) is 2. The Morgan fingerprint density at radius 2 is 1.07 bits per heavy atom. The number of benzene rings is 4. The molecule has 5 rings (SSSR count). The topological polar surface area (TPSA) is 26.0 Å². The monoisotopic (exact) mass is 347 g/mol. The number of nitrogens with zero attached hydrogens (tertiary/aromatic N) is 1. The molecule has 128 valence electrons. The average molecular weight is 347 g/mol. The van der Waals surface area contributed by atoms with Crippen molar-refractivity contribution in [2.45, 2.75) is 0 Å². The van der Waals surface area contributed by atoms with Crippen LogP contribution in [-0.2, 0) is 0 Å². The van der Waals surface area contributed by atoms with Crippen LogP contribution in [0.3, 0.4) is 0 Å². The van der Waals surface area contributed by atoms with E-state index in [-0.39, 0.29) is 0 Å². The lowest BCUT2D eigenvalue weighted by atomic mass is 9.93. The van der Waals surface area contributed by atoms with E-state index in [4.69, 9.17) is 9.40 Å². The molecule has 0 fully saturated rings. The Hall–Kier alpha value is -3.65. The molecule has 4 aromatic carbocycles. The van der Waals surface area contributed by atoms with Gasteiger partial charge in [0.1, 0.15) is 5.52 Å². The van der Waals surface area contributed by atoms with Crippen molar-refractivity contribution >= 4 is 11.1 Å². The molecule has 2 nitrogen and oxygen atoms in total. The Labute approximate surface area is 157 Å². The Kier molecular flexibility index (Phi) is 3.80. The molecule has 0 aliphatic heterocycles. The second kappa shape index (κ2) is 6.58. The van der Waals surface area contributed by atoms with Gasteiger partial charge in [-0.05, 0) is 41.0 Å². The predicted molar refractivity (Wildman–Crippen MR) is 110 cm³/mol. The fourth-order valence-corrected chi connectivity index (χ4v) is 3.45. The molecule has 0 saturated heterocycles. The van der Waals surface area contributed by atoms with Crippen molar-refractivity contribution < 1.29 is 4.42 Å². The Morgan fingerprint density at radius 1 is 0.519 bits per heavy atom. The molecular formula is C25H17NO. The van der Waals surface area contributed by atoms with Crippen molar-refractivity contribution in [2.24, 2.45) is 0 Å². The van der Waals surface area contributed by atoms with E-state index in [1.54, 1.807) is 0 Å². The maximum atomic E-state index is 6.10. The smallest absolute Gasteiger partial charge is 0.227 e. The zero-order valence-electron chi connectivity index (χ0n) is 14.7. The van der Waals surface area contributed by atoms with Crippen molar-refractivity contribution in [1.82, 2.24) is 4.98 Å². The molecule has 0 spiro atoms. The molecule has 1 aromatic heterocycles. The van der Waals surface area contributed by atoms with Gasteiger partial charge in [-0.15, -0.1) is 0 Å².